The minimum atomic E-state index is 0.324. The van der Waals surface area contributed by atoms with E-state index in [0.29, 0.717) is 61.1 Å². The number of benzene rings is 4. The van der Waals surface area contributed by atoms with Gasteiger partial charge in [-0.2, -0.15) is 5.26 Å². The molecule has 6 rings (SSSR count). The molecule has 232 valence electrons. The fourth-order valence-corrected chi connectivity index (χ4v) is 6.09. The summed E-state index contributed by atoms with van der Waals surface area (Å²) in [6.07, 6.45) is 3.67. The van der Waals surface area contributed by atoms with Gasteiger partial charge in [-0.1, -0.05) is 54.4 Å². The maximum Gasteiger partial charge on any atom is 0.161 e. The van der Waals surface area contributed by atoms with Crippen LogP contribution in [0, 0.1) is 18.3 Å². The summed E-state index contributed by atoms with van der Waals surface area (Å²) in [7, 11) is 0. The summed E-state index contributed by atoms with van der Waals surface area (Å²) in [5.41, 5.74) is 6.83. The summed E-state index contributed by atoms with van der Waals surface area (Å²) < 4.78 is 24.2. The highest BCUT2D eigenvalue weighted by Crippen LogP contribution is 2.37. The van der Waals surface area contributed by atoms with Gasteiger partial charge in [0.2, 0.25) is 0 Å². The number of hydrogen-bond acceptors (Lipinski definition) is 7. The highest BCUT2D eigenvalue weighted by atomic mass is 35.5. The summed E-state index contributed by atoms with van der Waals surface area (Å²) >= 11 is 6.80. The molecule has 0 saturated carbocycles. The van der Waals surface area contributed by atoms with E-state index in [4.69, 9.17) is 30.5 Å². The quantitative estimate of drug-likeness (QED) is 0.181. The minimum absolute atomic E-state index is 0.324. The number of rotatable bonds is 11. The van der Waals surface area contributed by atoms with Crippen LogP contribution in [0.5, 0.6) is 23.0 Å². The molecule has 2 N–H and O–H groups in total. The molecule has 0 aliphatic carbocycles. The first-order valence-electron chi connectivity index (χ1n) is 15.6. The molecule has 0 spiro atoms. The van der Waals surface area contributed by atoms with E-state index in [1.54, 1.807) is 6.07 Å². The van der Waals surface area contributed by atoms with Gasteiger partial charge in [-0.05, 0) is 84.5 Å². The third kappa shape index (κ3) is 7.72. The van der Waals surface area contributed by atoms with E-state index in [-0.39, 0.29) is 0 Å². The molecule has 0 aromatic heterocycles. The first-order valence-corrected chi connectivity index (χ1v) is 15.9. The SMILES string of the molecule is Cc1c(COc2cc(OCc3cccc(C#N)c3)c(CNCC3CCCCN3)cc2Cl)cccc1-c1ccc2c(c1)OCCO2. The predicted molar refractivity (Wildman–Crippen MR) is 176 cm³/mol. The molecule has 2 heterocycles. The van der Waals surface area contributed by atoms with Crippen molar-refractivity contribution >= 4 is 11.6 Å². The number of halogens is 1. The summed E-state index contributed by atoms with van der Waals surface area (Å²) in [5, 5.41) is 17.0. The van der Waals surface area contributed by atoms with Crippen LogP contribution in [0.2, 0.25) is 5.02 Å². The molecule has 45 heavy (non-hydrogen) atoms. The summed E-state index contributed by atoms with van der Waals surface area (Å²) in [6, 6.07) is 26.2. The zero-order valence-corrected chi connectivity index (χ0v) is 26.3. The predicted octanol–water partition coefficient (Wildman–Crippen LogP) is 7.35. The molecule has 4 aromatic rings. The van der Waals surface area contributed by atoms with Crippen molar-refractivity contribution in [3.63, 3.8) is 0 Å². The van der Waals surface area contributed by atoms with Crippen molar-refractivity contribution in [2.24, 2.45) is 0 Å². The maximum absolute atomic E-state index is 9.32. The van der Waals surface area contributed by atoms with Crippen LogP contribution in [0.4, 0.5) is 0 Å². The second-order valence-electron chi connectivity index (χ2n) is 11.5. The number of hydrogen-bond donors (Lipinski definition) is 2. The first-order chi connectivity index (χ1) is 22.1. The van der Waals surface area contributed by atoms with Gasteiger partial charge in [0, 0.05) is 30.8 Å². The van der Waals surface area contributed by atoms with Crippen LogP contribution in [-0.4, -0.2) is 32.3 Å². The Hall–Kier alpha value is -4.22. The van der Waals surface area contributed by atoms with Gasteiger partial charge < -0.3 is 29.6 Å². The van der Waals surface area contributed by atoms with Crippen molar-refractivity contribution in [1.29, 1.82) is 5.26 Å². The average molecular weight is 624 g/mol. The molecule has 1 fully saturated rings. The molecule has 1 saturated heterocycles. The van der Waals surface area contributed by atoms with Gasteiger partial charge in [0.1, 0.15) is 37.9 Å². The Labute approximate surface area is 270 Å². The molecule has 2 aliphatic rings. The Morgan fingerprint density at radius 3 is 2.60 bits per heavy atom. The molecule has 0 radical (unpaired) electrons. The van der Waals surface area contributed by atoms with E-state index in [1.807, 2.05) is 48.5 Å². The molecule has 1 atom stereocenters. The second kappa shape index (κ2) is 14.7. The Bertz CT molecular complexity index is 1680. The Morgan fingerprint density at radius 1 is 0.911 bits per heavy atom. The lowest BCUT2D eigenvalue weighted by Crippen LogP contribution is -2.41. The van der Waals surface area contributed by atoms with Crippen LogP contribution in [0.3, 0.4) is 0 Å². The smallest absolute Gasteiger partial charge is 0.161 e. The number of fused-ring (bicyclic) bond motifs is 1. The number of ether oxygens (including phenoxy) is 4. The molecule has 0 amide bonds. The molecule has 8 heteroatoms. The van der Waals surface area contributed by atoms with Gasteiger partial charge in [0.05, 0.1) is 16.7 Å². The van der Waals surface area contributed by atoms with Crippen molar-refractivity contribution < 1.29 is 18.9 Å². The van der Waals surface area contributed by atoms with E-state index in [1.165, 1.54) is 19.3 Å². The average Bonchev–Trinajstić information content (AvgIpc) is 3.08. The topological polar surface area (TPSA) is 84.8 Å². The van der Waals surface area contributed by atoms with Crippen LogP contribution < -0.4 is 29.6 Å². The van der Waals surface area contributed by atoms with E-state index >= 15 is 0 Å². The van der Waals surface area contributed by atoms with Gasteiger partial charge in [0.25, 0.3) is 0 Å². The van der Waals surface area contributed by atoms with Crippen LogP contribution in [0.25, 0.3) is 11.1 Å². The summed E-state index contributed by atoms with van der Waals surface area (Å²) in [5.74, 6) is 2.79. The van der Waals surface area contributed by atoms with Crippen LogP contribution >= 0.6 is 11.6 Å². The summed E-state index contributed by atoms with van der Waals surface area (Å²) in [4.78, 5) is 0. The maximum atomic E-state index is 9.32. The van der Waals surface area contributed by atoms with Gasteiger partial charge in [-0.25, -0.2) is 0 Å². The van der Waals surface area contributed by atoms with Crippen molar-refractivity contribution in [2.75, 3.05) is 26.3 Å². The van der Waals surface area contributed by atoms with Crippen molar-refractivity contribution in [1.82, 2.24) is 10.6 Å². The lowest BCUT2D eigenvalue weighted by Gasteiger charge is -2.24. The highest BCUT2D eigenvalue weighted by molar-refractivity contribution is 6.32. The minimum Gasteiger partial charge on any atom is -0.488 e. The number of piperidine rings is 1. The van der Waals surface area contributed by atoms with E-state index in [0.717, 1.165) is 58.0 Å². The van der Waals surface area contributed by atoms with Crippen molar-refractivity contribution in [3.05, 3.63) is 106 Å². The molecule has 1 unspecified atom stereocenters. The Balaban J connectivity index is 1.19. The Morgan fingerprint density at radius 2 is 1.76 bits per heavy atom. The van der Waals surface area contributed by atoms with Crippen molar-refractivity contribution in [3.8, 4) is 40.2 Å². The lowest BCUT2D eigenvalue weighted by molar-refractivity contribution is 0.171. The third-order valence-corrected chi connectivity index (χ3v) is 8.66. The molecule has 7 nitrogen and oxygen atoms in total. The largest absolute Gasteiger partial charge is 0.488 e. The van der Waals surface area contributed by atoms with E-state index in [2.05, 4.69) is 41.8 Å². The second-order valence-corrected chi connectivity index (χ2v) is 11.9. The van der Waals surface area contributed by atoms with Gasteiger partial charge in [-0.3, -0.25) is 0 Å². The van der Waals surface area contributed by atoms with E-state index in [9.17, 15) is 5.26 Å². The number of nitrogens with one attached hydrogen (secondary N) is 2. The van der Waals surface area contributed by atoms with Gasteiger partial charge in [-0.15, -0.1) is 0 Å². The van der Waals surface area contributed by atoms with Crippen LogP contribution in [0.1, 0.15) is 47.1 Å². The molecular weight excluding hydrogens is 586 g/mol. The normalized spacial score (nSPS) is 15.7. The van der Waals surface area contributed by atoms with Gasteiger partial charge in [0.15, 0.2) is 11.5 Å². The zero-order chi connectivity index (χ0) is 31.0. The third-order valence-electron chi connectivity index (χ3n) is 8.37. The standard InChI is InChI=1S/C37H38ClN3O4/c1-25-29(8-5-10-32(25)28-11-12-34-37(18-28)43-15-14-42-34)24-45-36-19-35(44-23-27-7-4-6-26(16-27)20-39)30(17-33(36)38)21-40-22-31-9-2-3-13-41-31/h4-8,10-12,16-19,31,40-41H,2-3,9,13-15,21-24H2,1H3. The molecule has 0 bridgehead atoms. The van der Waals surface area contributed by atoms with Crippen LogP contribution in [0.15, 0.2) is 72.8 Å². The number of nitrogens with zero attached hydrogens (tertiary/aromatic N) is 1. The Kier molecular flexibility index (Phi) is 10.1. The fraction of sp³-hybridized carbons (Fsp3) is 0.324. The van der Waals surface area contributed by atoms with Crippen LogP contribution in [-0.2, 0) is 19.8 Å². The monoisotopic (exact) mass is 623 g/mol. The molecule has 2 aliphatic heterocycles. The first kappa shape index (κ1) is 30.8. The number of nitriles is 1. The summed E-state index contributed by atoms with van der Waals surface area (Å²) in [6.45, 7) is 6.45. The lowest BCUT2D eigenvalue weighted by atomic mass is 9.96. The van der Waals surface area contributed by atoms with Crippen molar-refractivity contribution in [2.45, 2.75) is 52.0 Å². The molecule has 4 aromatic carbocycles. The van der Waals surface area contributed by atoms with E-state index < -0.39 is 0 Å². The molecular formula is C37H38ClN3O4. The fourth-order valence-electron chi connectivity index (χ4n) is 5.85. The highest BCUT2D eigenvalue weighted by Gasteiger charge is 2.17. The van der Waals surface area contributed by atoms with Gasteiger partial charge >= 0.3 is 0 Å². The zero-order valence-electron chi connectivity index (χ0n) is 25.5.